The Hall–Kier alpha value is -2.44. The van der Waals surface area contributed by atoms with Gasteiger partial charge in [-0.2, -0.15) is 4.68 Å². The van der Waals surface area contributed by atoms with Crippen molar-refractivity contribution in [2.24, 2.45) is 5.92 Å². The summed E-state index contributed by atoms with van der Waals surface area (Å²) in [5, 5.41) is 20.7. The van der Waals surface area contributed by atoms with Crippen molar-refractivity contribution in [1.29, 1.82) is 0 Å². The molecular formula is C14H16N4O3. The van der Waals surface area contributed by atoms with Crippen LogP contribution in [0.3, 0.4) is 0 Å². The second-order valence-electron chi connectivity index (χ2n) is 5.37. The number of benzene rings is 1. The number of hydrogen-bond acceptors (Lipinski definition) is 5. The Bertz CT molecular complexity index is 668. The third kappa shape index (κ3) is 2.58. The molecule has 0 bridgehead atoms. The molecule has 1 fully saturated rings. The van der Waals surface area contributed by atoms with Crippen molar-refractivity contribution in [1.82, 2.24) is 20.2 Å². The molecule has 2 atom stereocenters. The van der Waals surface area contributed by atoms with E-state index in [9.17, 15) is 4.79 Å². The van der Waals surface area contributed by atoms with E-state index in [2.05, 4.69) is 15.5 Å². The summed E-state index contributed by atoms with van der Waals surface area (Å²) in [4.78, 5) is 11.0. The summed E-state index contributed by atoms with van der Waals surface area (Å²) in [5.74, 6) is -0.0883. The molecule has 0 radical (unpaired) electrons. The molecule has 1 saturated carbocycles. The molecule has 1 aromatic carbocycles. The van der Waals surface area contributed by atoms with Crippen LogP contribution in [-0.4, -0.2) is 37.4 Å². The SMILES string of the molecule is CC(C)Oc1ccccc1-n1nnnc1C1CC1C(=O)O. The van der Waals surface area contributed by atoms with E-state index in [-0.39, 0.29) is 12.0 Å². The molecule has 1 N–H and O–H groups in total. The van der Waals surface area contributed by atoms with E-state index < -0.39 is 11.9 Å². The van der Waals surface area contributed by atoms with Crippen LogP contribution in [0.25, 0.3) is 5.69 Å². The third-order valence-corrected chi connectivity index (χ3v) is 3.39. The van der Waals surface area contributed by atoms with Gasteiger partial charge in [0.2, 0.25) is 0 Å². The summed E-state index contributed by atoms with van der Waals surface area (Å²) in [6, 6.07) is 7.45. The lowest BCUT2D eigenvalue weighted by Crippen LogP contribution is -2.11. The first-order chi connectivity index (χ1) is 10.1. The van der Waals surface area contributed by atoms with Gasteiger partial charge in [-0.25, -0.2) is 0 Å². The number of carbonyl (C=O) groups is 1. The van der Waals surface area contributed by atoms with Gasteiger partial charge >= 0.3 is 5.97 Å². The van der Waals surface area contributed by atoms with Crippen LogP contribution in [0.4, 0.5) is 0 Å². The smallest absolute Gasteiger partial charge is 0.307 e. The van der Waals surface area contributed by atoms with E-state index >= 15 is 0 Å². The number of tetrazole rings is 1. The van der Waals surface area contributed by atoms with Crippen molar-refractivity contribution in [2.75, 3.05) is 0 Å². The lowest BCUT2D eigenvalue weighted by molar-refractivity contribution is -0.138. The molecule has 2 unspecified atom stereocenters. The van der Waals surface area contributed by atoms with Crippen LogP contribution in [0.15, 0.2) is 24.3 Å². The molecule has 3 rings (SSSR count). The largest absolute Gasteiger partial charge is 0.489 e. The first-order valence-electron chi connectivity index (χ1n) is 6.85. The van der Waals surface area contributed by atoms with Gasteiger partial charge < -0.3 is 9.84 Å². The fourth-order valence-corrected chi connectivity index (χ4v) is 2.34. The number of aliphatic carboxylic acids is 1. The Balaban J connectivity index is 1.96. The van der Waals surface area contributed by atoms with Crippen LogP contribution in [0.2, 0.25) is 0 Å². The summed E-state index contributed by atoms with van der Waals surface area (Å²) in [6.07, 6.45) is 0.599. The van der Waals surface area contributed by atoms with Gasteiger partial charge in [0.25, 0.3) is 0 Å². The van der Waals surface area contributed by atoms with Gasteiger partial charge in [0, 0.05) is 5.92 Å². The normalized spacial score (nSPS) is 20.5. The molecule has 1 aromatic heterocycles. The van der Waals surface area contributed by atoms with Gasteiger partial charge in [0.05, 0.1) is 12.0 Å². The summed E-state index contributed by atoms with van der Waals surface area (Å²) in [5.41, 5.74) is 0.724. The van der Waals surface area contributed by atoms with Crippen molar-refractivity contribution in [3.63, 3.8) is 0 Å². The fourth-order valence-electron chi connectivity index (χ4n) is 2.34. The van der Waals surface area contributed by atoms with Crippen molar-refractivity contribution in [3.05, 3.63) is 30.1 Å². The maximum atomic E-state index is 11.0. The molecule has 7 nitrogen and oxygen atoms in total. The van der Waals surface area contributed by atoms with Crippen LogP contribution < -0.4 is 4.74 Å². The second-order valence-corrected chi connectivity index (χ2v) is 5.37. The van der Waals surface area contributed by atoms with E-state index in [1.165, 1.54) is 0 Å². The predicted octanol–water partition coefficient (Wildman–Crippen LogP) is 1.64. The predicted molar refractivity (Wildman–Crippen MR) is 73.4 cm³/mol. The summed E-state index contributed by atoms with van der Waals surface area (Å²) in [6.45, 7) is 3.89. The van der Waals surface area contributed by atoms with Gasteiger partial charge in [-0.15, -0.1) is 5.10 Å². The minimum atomic E-state index is -0.804. The van der Waals surface area contributed by atoms with E-state index in [0.29, 0.717) is 18.0 Å². The maximum Gasteiger partial charge on any atom is 0.307 e. The molecule has 1 aliphatic carbocycles. The molecule has 7 heteroatoms. The van der Waals surface area contributed by atoms with Gasteiger partial charge in [0.15, 0.2) is 5.82 Å². The minimum absolute atomic E-state index is 0.0266. The lowest BCUT2D eigenvalue weighted by Gasteiger charge is -2.14. The quantitative estimate of drug-likeness (QED) is 0.899. The number of carboxylic acid groups (broad SMARTS) is 1. The number of nitrogens with zero attached hydrogens (tertiary/aromatic N) is 4. The molecule has 1 aliphatic rings. The molecule has 110 valence electrons. The zero-order valence-electron chi connectivity index (χ0n) is 11.8. The average Bonchev–Trinajstić information content (AvgIpc) is 3.09. The number of rotatable bonds is 5. The third-order valence-electron chi connectivity index (χ3n) is 3.39. The summed E-state index contributed by atoms with van der Waals surface area (Å²) >= 11 is 0. The van der Waals surface area contributed by atoms with Gasteiger partial charge in [0.1, 0.15) is 11.4 Å². The van der Waals surface area contributed by atoms with E-state index in [4.69, 9.17) is 9.84 Å². The Morgan fingerprint density at radius 2 is 2.19 bits per heavy atom. The molecule has 0 amide bonds. The Morgan fingerprint density at radius 1 is 1.43 bits per heavy atom. The molecule has 2 aromatic rings. The molecule has 1 heterocycles. The van der Waals surface area contributed by atoms with E-state index in [1.54, 1.807) is 4.68 Å². The lowest BCUT2D eigenvalue weighted by atomic mass is 10.2. The average molecular weight is 288 g/mol. The zero-order chi connectivity index (χ0) is 15.0. The first kappa shape index (κ1) is 13.5. The number of hydrogen-bond donors (Lipinski definition) is 1. The molecule has 0 aliphatic heterocycles. The van der Waals surface area contributed by atoms with Crippen LogP contribution in [0.1, 0.15) is 32.0 Å². The van der Waals surface area contributed by atoms with Gasteiger partial charge in [-0.1, -0.05) is 12.1 Å². The highest BCUT2D eigenvalue weighted by atomic mass is 16.5. The molecule has 0 spiro atoms. The topological polar surface area (TPSA) is 90.1 Å². The Labute approximate surface area is 121 Å². The van der Waals surface area contributed by atoms with Crippen molar-refractivity contribution < 1.29 is 14.6 Å². The molecule has 21 heavy (non-hydrogen) atoms. The van der Waals surface area contributed by atoms with Crippen LogP contribution in [0.5, 0.6) is 5.75 Å². The number of carboxylic acids is 1. The number of aromatic nitrogens is 4. The highest BCUT2D eigenvalue weighted by molar-refractivity contribution is 5.74. The number of ether oxygens (including phenoxy) is 1. The molecular weight excluding hydrogens is 272 g/mol. The minimum Gasteiger partial charge on any atom is -0.489 e. The highest BCUT2D eigenvalue weighted by Gasteiger charge is 2.47. The van der Waals surface area contributed by atoms with Crippen molar-refractivity contribution in [3.8, 4) is 11.4 Å². The van der Waals surface area contributed by atoms with Crippen molar-refractivity contribution in [2.45, 2.75) is 32.3 Å². The standard InChI is InChI=1S/C14H16N4O3/c1-8(2)21-12-6-4-3-5-11(12)18-13(15-16-17-18)9-7-10(9)14(19)20/h3-6,8-10H,7H2,1-2H3,(H,19,20). The van der Waals surface area contributed by atoms with Gasteiger partial charge in [-0.05, 0) is 42.8 Å². The zero-order valence-corrected chi connectivity index (χ0v) is 11.8. The maximum absolute atomic E-state index is 11.0. The second kappa shape index (κ2) is 5.16. The highest BCUT2D eigenvalue weighted by Crippen LogP contribution is 2.47. The van der Waals surface area contributed by atoms with Crippen molar-refractivity contribution >= 4 is 5.97 Å². The Kier molecular flexibility index (Phi) is 3.32. The van der Waals surface area contributed by atoms with E-state index in [0.717, 1.165) is 5.69 Å². The van der Waals surface area contributed by atoms with Crippen LogP contribution >= 0.6 is 0 Å². The monoisotopic (exact) mass is 288 g/mol. The van der Waals surface area contributed by atoms with E-state index in [1.807, 2.05) is 38.1 Å². The van der Waals surface area contributed by atoms with Gasteiger partial charge in [-0.3, -0.25) is 4.79 Å². The molecule has 0 saturated heterocycles. The number of para-hydroxylation sites is 2. The Morgan fingerprint density at radius 3 is 2.86 bits per heavy atom. The first-order valence-corrected chi connectivity index (χ1v) is 6.85. The van der Waals surface area contributed by atoms with Crippen LogP contribution in [0, 0.1) is 5.92 Å². The summed E-state index contributed by atoms with van der Waals surface area (Å²) < 4.78 is 7.34. The summed E-state index contributed by atoms with van der Waals surface area (Å²) in [7, 11) is 0. The fraction of sp³-hybridized carbons (Fsp3) is 0.429. The van der Waals surface area contributed by atoms with Crippen LogP contribution in [-0.2, 0) is 4.79 Å².